The highest BCUT2D eigenvalue weighted by Crippen LogP contribution is 2.29. The average Bonchev–Trinajstić information content (AvgIpc) is 3.13. The number of para-hydroxylation sites is 1. The van der Waals surface area contributed by atoms with E-state index < -0.39 is 19.5 Å². The number of aromatic nitrogens is 4. The predicted molar refractivity (Wildman–Crippen MR) is 137 cm³/mol. The van der Waals surface area contributed by atoms with Crippen molar-refractivity contribution in [3.63, 3.8) is 0 Å². The lowest BCUT2D eigenvalue weighted by molar-refractivity contribution is 0.0818. The minimum atomic E-state index is -1.24. The van der Waals surface area contributed by atoms with Crippen LogP contribution in [0.3, 0.4) is 0 Å². The summed E-state index contributed by atoms with van der Waals surface area (Å²) in [5.41, 5.74) is 1.82. The van der Waals surface area contributed by atoms with E-state index in [2.05, 4.69) is 40.7 Å². The van der Waals surface area contributed by atoms with Crippen molar-refractivity contribution >= 4 is 35.0 Å². The van der Waals surface area contributed by atoms with Gasteiger partial charge in [0.05, 0.1) is 12.6 Å². The highest BCUT2D eigenvalue weighted by Gasteiger charge is 2.20. The summed E-state index contributed by atoms with van der Waals surface area (Å²) < 4.78 is 29.5. The molecule has 0 radical (unpaired) electrons. The number of benzene rings is 2. The van der Waals surface area contributed by atoms with Gasteiger partial charge in [-0.25, -0.2) is 9.07 Å². The first-order chi connectivity index (χ1) is 16.2. The van der Waals surface area contributed by atoms with Gasteiger partial charge in [0.2, 0.25) is 0 Å². The van der Waals surface area contributed by atoms with Crippen LogP contribution in [0, 0.1) is 5.82 Å². The molecule has 0 spiro atoms. The van der Waals surface area contributed by atoms with Gasteiger partial charge in [0.15, 0.2) is 5.82 Å². The zero-order valence-electron chi connectivity index (χ0n) is 19.5. The molecule has 0 bridgehead atoms. The summed E-state index contributed by atoms with van der Waals surface area (Å²) in [4.78, 5) is 13.1. The highest BCUT2D eigenvalue weighted by molar-refractivity contribution is 9.10. The Morgan fingerprint density at radius 1 is 1.09 bits per heavy atom. The molecule has 10 heteroatoms. The van der Waals surface area contributed by atoms with Gasteiger partial charge < -0.3 is 9.47 Å². The third kappa shape index (κ3) is 5.13. The second kappa shape index (κ2) is 9.81. The topological polar surface area (TPSA) is 71.2 Å². The molecule has 0 unspecified atom stereocenters. The quantitative estimate of drug-likeness (QED) is 0.217. The predicted octanol–water partition coefficient (Wildman–Crippen LogP) is 5.47. The van der Waals surface area contributed by atoms with Gasteiger partial charge in [-0.1, -0.05) is 53.8 Å². The Labute approximate surface area is 206 Å². The van der Waals surface area contributed by atoms with Gasteiger partial charge in [-0.3, -0.25) is 4.79 Å². The number of hydrogen-bond donors (Lipinski definition) is 0. The molecule has 0 fully saturated rings. The van der Waals surface area contributed by atoms with Crippen LogP contribution < -0.4 is 10.3 Å². The van der Waals surface area contributed by atoms with Gasteiger partial charge in [-0.05, 0) is 30.3 Å². The third-order valence-electron chi connectivity index (χ3n) is 5.34. The molecule has 0 aliphatic carbocycles. The van der Waals surface area contributed by atoms with Crippen molar-refractivity contribution in [1.29, 1.82) is 0 Å². The van der Waals surface area contributed by atoms with Crippen molar-refractivity contribution in [2.75, 3.05) is 13.7 Å². The molecule has 0 atom stereocenters. The smallest absolute Gasteiger partial charge is 0.273 e. The minimum absolute atomic E-state index is 0.0437. The lowest BCUT2D eigenvalue weighted by atomic mass is 10.1. The largest absolute Gasteiger partial charge is 0.494 e. The van der Waals surface area contributed by atoms with Crippen LogP contribution in [0.25, 0.3) is 28.0 Å². The highest BCUT2D eigenvalue weighted by atomic mass is 79.9. The van der Waals surface area contributed by atoms with Crippen LogP contribution in [-0.2, 0) is 11.5 Å². The Balaban J connectivity index is 1.85. The van der Waals surface area contributed by atoms with E-state index in [1.165, 1.54) is 25.3 Å². The molecule has 0 saturated carbocycles. The molecule has 0 saturated heterocycles. The minimum Gasteiger partial charge on any atom is -0.494 e. The standard InChI is InChI=1S/C24H26BrFN4O3Si/c1-32-20-7-5-6-18(26)24(20)30-21(31)14-19-23(28-30)22(16-8-10-17(25)11-9-16)27-29(19)15-33-12-13-34(2,3)4/h5-11,14H,12-13,15H2,1-4H3. The molecule has 0 aliphatic heterocycles. The van der Waals surface area contributed by atoms with Crippen LogP contribution >= 0.6 is 15.9 Å². The van der Waals surface area contributed by atoms with E-state index >= 15 is 0 Å². The maximum atomic E-state index is 14.8. The van der Waals surface area contributed by atoms with Crippen LogP contribution in [0.2, 0.25) is 25.7 Å². The third-order valence-corrected chi connectivity index (χ3v) is 7.58. The molecule has 0 N–H and O–H groups in total. The van der Waals surface area contributed by atoms with E-state index in [1.807, 2.05) is 24.3 Å². The van der Waals surface area contributed by atoms with Gasteiger partial charge in [-0.15, -0.1) is 0 Å². The van der Waals surface area contributed by atoms with Gasteiger partial charge in [-0.2, -0.15) is 14.9 Å². The summed E-state index contributed by atoms with van der Waals surface area (Å²) in [6.07, 6.45) is 0. The maximum Gasteiger partial charge on any atom is 0.273 e. The molecule has 0 aliphatic rings. The molecule has 4 rings (SSSR count). The van der Waals surface area contributed by atoms with Crippen molar-refractivity contribution in [2.45, 2.75) is 32.4 Å². The first-order valence-corrected chi connectivity index (χ1v) is 15.4. The number of fused-ring (bicyclic) bond motifs is 1. The summed E-state index contributed by atoms with van der Waals surface area (Å²) in [5, 5.41) is 9.25. The Morgan fingerprint density at radius 3 is 2.50 bits per heavy atom. The normalized spacial score (nSPS) is 11.8. The van der Waals surface area contributed by atoms with Crippen molar-refractivity contribution in [3.8, 4) is 22.7 Å². The van der Waals surface area contributed by atoms with E-state index in [0.29, 0.717) is 23.3 Å². The van der Waals surface area contributed by atoms with E-state index in [-0.39, 0.29) is 18.2 Å². The van der Waals surface area contributed by atoms with Crippen molar-refractivity contribution in [3.05, 3.63) is 69.2 Å². The Kier molecular flexibility index (Phi) is 7.01. The zero-order chi connectivity index (χ0) is 24.5. The van der Waals surface area contributed by atoms with Crippen molar-refractivity contribution in [2.24, 2.45) is 0 Å². The number of hydrogen-bond acceptors (Lipinski definition) is 5. The lowest BCUT2D eigenvalue weighted by Gasteiger charge is -2.15. The molecule has 7 nitrogen and oxygen atoms in total. The summed E-state index contributed by atoms with van der Waals surface area (Å²) in [6.45, 7) is 7.66. The summed E-state index contributed by atoms with van der Waals surface area (Å²) in [6, 6.07) is 14.4. The number of ether oxygens (including phenoxy) is 2. The van der Waals surface area contributed by atoms with Gasteiger partial charge in [0, 0.05) is 30.8 Å². The Morgan fingerprint density at radius 2 is 1.82 bits per heavy atom. The van der Waals surface area contributed by atoms with Crippen LogP contribution in [0.4, 0.5) is 4.39 Å². The van der Waals surface area contributed by atoms with E-state index in [1.54, 1.807) is 10.7 Å². The number of methoxy groups -OCH3 is 1. The van der Waals surface area contributed by atoms with Crippen LogP contribution in [0.15, 0.2) is 57.8 Å². The van der Waals surface area contributed by atoms with Crippen LogP contribution in [-0.4, -0.2) is 41.4 Å². The van der Waals surface area contributed by atoms with Crippen LogP contribution in [0.1, 0.15) is 0 Å². The van der Waals surface area contributed by atoms with Gasteiger partial charge in [0.25, 0.3) is 5.56 Å². The molecule has 2 aromatic carbocycles. The van der Waals surface area contributed by atoms with E-state index in [4.69, 9.17) is 14.6 Å². The maximum absolute atomic E-state index is 14.8. The second-order valence-electron chi connectivity index (χ2n) is 9.12. The summed E-state index contributed by atoms with van der Waals surface area (Å²) in [5.74, 6) is -0.401. The molecule has 2 aromatic heterocycles. The molecule has 178 valence electrons. The Hall–Kier alpha value is -2.82. The number of halogens is 2. The number of rotatable bonds is 8. The van der Waals surface area contributed by atoms with Gasteiger partial charge in [0.1, 0.15) is 29.4 Å². The lowest BCUT2D eigenvalue weighted by Crippen LogP contribution is -2.23. The summed E-state index contributed by atoms with van der Waals surface area (Å²) >= 11 is 3.45. The zero-order valence-corrected chi connectivity index (χ0v) is 22.1. The molecular formula is C24H26BrFN4O3Si. The monoisotopic (exact) mass is 544 g/mol. The number of nitrogens with zero attached hydrogens (tertiary/aromatic N) is 4. The van der Waals surface area contributed by atoms with E-state index in [9.17, 15) is 9.18 Å². The summed E-state index contributed by atoms with van der Waals surface area (Å²) in [7, 11) is 0.179. The fraction of sp³-hybridized carbons (Fsp3) is 0.292. The van der Waals surface area contributed by atoms with Crippen molar-refractivity contribution < 1.29 is 13.9 Å². The first-order valence-electron chi connectivity index (χ1n) is 10.9. The average molecular weight is 545 g/mol. The Bertz CT molecular complexity index is 1380. The molecule has 4 aromatic rings. The van der Waals surface area contributed by atoms with E-state index in [0.717, 1.165) is 20.8 Å². The molecule has 0 amide bonds. The molecular weight excluding hydrogens is 519 g/mol. The molecule has 2 heterocycles. The second-order valence-corrected chi connectivity index (χ2v) is 15.7. The SMILES string of the molecule is COc1cccc(F)c1-n1nc2c(-c3ccc(Br)cc3)nn(COCC[Si](C)(C)C)c2cc1=O. The van der Waals surface area contributed by atoms with Crippen LogP contribution in [0.5, 0.6) is 5.75 Å². The fourth-order valence-electron chi connectivity index (χ4n) is 3.49. The molecule has 34 heavy (non-hydrogen) atoms. The first kappa shape index (κ1) is 24.3. The fourth-order valence-corrected chi connectivity index (χ4v) is 4.51. The van der Waals surface area contributed by atoms with Gasteiger partial charge >= 0.3 is 0 Å². The van der Waals surface area contributed by atoms with Crippen molar-refractivity contribution in [1.82, 2.24) is 19.6 Å².